The smallest absolute Gasteiger partial charge is 0.243 e. The molecule has 1 aromatic rings. The summed E-state index contributed by atoms with van der Waals surface area (Å²) in [5, 5.41) is 10.4. The van der Waals surface area contributed by atoms with E-state index in [1.54, 1.807) is 18.2 Å². The monoisotopic (exact) mass is 325 g/mol. The molecule has 1 aromatic carbocycles. The van der Waals surface area contributed by atoms with Crippen molar-refractivity contribution in [3.8, 4) is 0 Å². The highest BCUT2D eigenvalue weighted by atomic mass is 32.2. The van der Waals surface area contributed by atoms with Gasteiger partial charge in [0, 0.05) is 38.6 Å². The molecule has 2 rings (SSSR count). The Morgan fingerprint density at radius 1 is 1.00 bits per heavy atom. The van der Waals surface area contributed by atoms with E-state index in [1.165, 1.54) is 21.3 Å². The molecule has 7 nitrogen and oxygen atoms in total. The minimum Gasteiger partial charge on any atom is -0.550 e. The third kappa shape index (κ3) is 3.83. The number of hydrogen-bond acceptors (Lipinski definition) is 5. The summed E-state index contributed by atoms with van der Waals surface area (Å²) in [5.74, 6) is -1.56. The lowest BCUT2D eigenvalue weighted by atomic mass is 10.2. The van der Waals surface area contributed by atoms with Crippen molar-refractivity contribution in [3.05, 3.63) is 30.3 Å². The van der Waals surface area contributed by atoms with E-state index in [0.717, 1.165) is 0 Å². The molecular formula is C14H17N2O5S-. The Hall–Kier alpha value is -1.93. The summed E-state index contributed by atoms with van der Waals surface area (Å²) in [6.07, 6.45) is -0.435. The lowest BCUT2D eigenvalue weighted by Gasteiger charge is -2.34. The highest BCUT2D eigenvalue weighted by Gasteiger charge is 2.29. The Kier molecular flexibility index (Phi) is 5.15. The second-order valence-corrected chi connectivity index (χ2v) is 6.91. The van der Waals surface area contributed by atoms with Crippen LogP contribution < -0.4 is 5.11 Å². The number of rotatable bonds is 5. The molecule has 0 saturated carbocycles. The van der Waals surface area contributed by atoms with E-state index >= 15 is 0 Å². The van der Waals surface area contributed by atoms with Crippen LogP contribution in [0.25, 0.3) is 0 Å². The average Bonchev–Trinajstić information content (AvgIpc) is 2.53. The number of benzene rings is 1. The number of carbonyl (C=O) groups excluding carboxylic acids is 2. The zero-order chi connectivity index (χ0) is 16.2. The largest absolute Gasteiger partial charge is 0.550 e. The Labute approximate surface area is 129 Å². The van der Waals surface area contributed by atoms with Crippen molar-refractivity contribution in [3.63, 3.8) is 0 Å². The van der Waals surface area contributed by atoms with Gasteiger partial charge in [0.05, 0.1) is 4.90 Å². The fraction of sp³-hybridized carbons (Fsp3) is 0.429. The molecule has 0 spiro atoms. The van der Waals surface area contributed by atoms with E-state index in [0.29, 0.717) is 0 Å². The number of sulfonamides is 1. The normalized spacial score (nSPS) is 16.5. The molecule has 1 aliphatic heterocycles. The summed E-state index contributed by atoms with van der Waals surface area (Å²) in [6.45, 7) is 0.929. The van der Waals surface area contributed by atoms with Gasteiger partial charge in [-0.25, -0.2) is 8.42 Å². The second kappa shape index (κ2) is 6.89. The van der Waals surface area contributed by atoms with Crippen molar-refractivity contribution in [2.45, 2.75) is 17.7 Å². The third-order valence-electron chi connectivity index (χ3n) is 3.52. The van der Waals surface area contributed by atoms with E-state index in [-0.39, 0.29) is 49.8 Å². The van der Waals surface area contributed by atoms with Crippen molar-refractivity contribution in [2.75, 3.05) is 26.2 Å². The van der Waals surface area contributed by atoms with Crippen LogP contribution in [0.3, 0.4) is 0 Å². The van der Waals surface area contributed by atoms with Crippen LogP contribution in [0.4, 0.5) is 0 Å². The van der Waals surface area contributed by atoms with Crippen LogP contribution in [0.2, 0.25) is 0 Å². The van der Waals surface area contributed by atoms with Crippen LogP contribution in [0.1, 0.15) is 12.8 Å². The first-order valence-corrected chi connectivity index (χ1v) is 8.38. The fourth-order valence-electron chi connectivity index (χ4n) is 2.29. The molecule has 0 unspecified atom stereocenters. The average molecular weight is 325 g/mol. The summed E-state index contributed by atoms with van der Waals surface area (Å²) in [5.41, 5.74) is 0. The Morgan fingerprint density at radius 3 is 2.14 bits per heavy atom. The first kappa shape index (κ1) is 16.4. The van der Waals surface area contributed by atoms with Crippen LogP contribution in [0.15, 0.2) is 35.2 Å². The number of carbonyl (C=O) groups is 2. The Morgan fingerprint density at radius 2 is 1.59 bits per heavy atom. The summed E-state index contributed by atoms with van der Waals surface area (Å²) < 4.78 is 26.2. The molecule has 1 heterocycles. The second-order valence-electron chi connectivity index (χ2n) is 4.97. The minimum atomic E-state index is -3.55. The van der Waals surface area contributed by atoms with E-state index in [4.69, 9.17) is 0 Å². The molecule has 8 heteroatoms. The lowest BCUT2D eigenvalue weighted by molar-refractivity contribution is -0.305. The predicted octanol–water partition coefficient (Wildman–Crippen LogP) is -0.950. The topological polar surface area (TPSA) is 97.8 Å². The number of carboxylic acids is 1. The van der Waals surface area contributed by atoms with Crippen molar-refractivity contribution in [1.82, 2.24) is 9.21 Å². The van der Waals surface area contributed by atoms with Gasteiger partial charge in [-0.05, 0) is 18.6 Å². The maximum absolute atomic E-state index is 12.4. The molecule has 0 aromatic heterocycles. The molecule has 120 valence electrons. The van der Waals surface area contributed by atoms with Gasteiger partial charge in [0.25, 0.3) is 0 Å². The van der Waals surface area contributed by atoms with Crippen molar-refractivity contribution < 1.29 is 23.1 Å². The van der Waals surface area contributed by atoms with Crippen LogP contribution in [0, 0.1) is 0 Å². The molecule has 22 heavy (non-hydrogen) atoms. The van der Waals surface area contributed by atoms with Gasteiger partial charge < -0.3 is 14.8 Å². The lowest BCUT2D eigenvalue weighted by Crippen LogP contribution is -2.50. The van der Waals surface area contributed by atoms with Crippen molar-refractivity contribution >= 4 is 21.9 Å². The number of carboxylic acid groups (broad SMARTS) is 1. The van der Waals surface area contributed by atoms with Crippen molar-refractivity contribution in [2.24, 2.45) is 0 Å². The first-order valence-electron chi connectivity index (χ1n) is 6.94. The van der Waals surface area contributed by atoms with Crippen LogP contribution in [0.5, 0.6) is 0 Å². The maximum atomic E-state index is 12.4. The molecule has 0 aliphatic carbocycles. The molecule has 1 fully saturated rings. The van der Waals surface area contributed by atoms with Gasteiger partial charge in [0.2, 0.25) is 15.9 Å². The Bertz CT molecular complexity index is 636. The van der Waals surface area contributed by atoms with Crippen LogP contribution in [-0.2, 0) is 19.6 Å². The van der Waals surface area contributed by atoms with Gasteiger partial charge in [0.1, 0.15) is 0 Å². The van der Waals surface area contributed by atoms with Gasteiger partial charge in [0.15, 0.2) is 0 Å². The van der Waals surface area contributed by atoms with Gasteiger partial charge in [-0.15, -0.1) is 0 Å². The van der Waals surface area contributed by atoms with Gasteiger partial charge >= 0.3 is 0 Å². The number of nitrogens with zero attached hydrogens (tertiary/aromatic N) is 2. The molecule has 0 atom stereocenters. The molecule has 1 aliphatic rings. The summed E-state index contributed by atoms with van der Waals surface area (Å²) in [7, 11) is -3.55. The molecule has 0 N–H and O–H groups in total. The zero-order valence-corrected chi connectivity index (χ0v) is 12.8. The van der Waals surface area contributed by atoms with E-state index in [1.807, 2.05) is 0 Å². The van der Waals surface area contributed by atoms with E-state index in [9.17, 15) is 23.1 Å². The summed E-state index contributed by atoms with van der Waals surface area (Å²) in [4.78, 5) is 23.9. The van der Waals surface area contributed by atoms with Gasteiger partial charge in [-0.3, -0.25) is 4.79 Å². The number of amides is 1. The predicted molar refractivity (Wildman–Crippen MR) is 76.0 cm³/mol. The highest BCUT2D eigenvalue weighted by Crippen LogP contribution is 2.17. The number of piperazine rings is 1. The van der Waals surface area contributed by atoms with E-state index < -0.39 is 16.0 Å². The summed E-state index contributed by atoms with van der Waals surface area (Å²) >= 11 is 0. The van der Waals surface area contributed by atoms with Gasteiger partial charge in [-0.2, -0.15) is 4.31 Å². The molecule has 1 amide bonds. The van der Waals surface area contributed by atoms with Gasteiger partial charge in [-0.1, -0.05) is 18.2 Å². The molecule has 0 bridgehead atoms. The van der Waals surface area contributed by atoms with Crippen LogP contribution in [-0.4, -0.2) is 55.7 Å². The van der Waals surface area contributed by atoms with Crippen molar-refractivity contribution in [1.29, 1.82) is 0 Å². The quantitative estimate of drug-likeness (QED) is 0.695. The molecule has 0 radical (unpaired) electrons. The first-order chi connectivity index (χ1) is 10.4. The maximum Gasteiger partial charge on any atom is 0.243 e. The minimum absolute atomic E-state index is 0.117. The molecule has 1 saturated heterocycles. The standard InChI is InChI=1S/C14H18N2O5S/c17-13(6-7-14(18)19)15-8-10-16(11-9-15)22(20,21)12-4-2-1-3-5-12/h1-5H,6-11H2,(H,18,19)/p-1. The number of hydrogen-bond donors (Lipinski definition) is 0. The summed E-state index contributed by atoms with van der Waals surface area (Å²) in [6, 6.07) is 8.13. The highest BCUT2D eigenvalue weighted by molar-refractivity contribution is 7.89. The zero-order valence-electron chi connectivity index (χ0n) is 12.0. The fourth-order valence-corrected chi connectivity index (χ4v) is 3.73. The molecular weight excluding hydrogens is 308 g/mol. The van der Waals surface area contributed by atoms with E-state index in [2.05, 4.69) is 0 Å². The third-order valence-corrected chi connectivity index (χ3v) is 5.43. The van der Waals surface area contributed by atoms with Crippen LogP contribution >= 0.6 is 0 Å². The Balaban J connectivity index is 1.95. The number of aliphatic carboxylic acids is 1. The SMILES string of the molecule is O=C([O-])CCC(=O)N1CCN(S(=O)(=O)c2ccccc2)CC1.